The Balaban J connectivity index is 1.82. The molecule has 1 aliphatic rings. The van der Waals surface area contributed by atoms with Crippen LogP contribution in [0.3, 0.4) is 0 Å². The first-order valence-electron chi connectivity index (χ1n) is 5.95. The van der Waals surface area contributed by atoms with E-state index in [-0.39, 0.29) is 19.1 Å². The summed E-state index contributed by atoms with van der Waals surface area (Å²) in [7, 11) is 0. The van der Waals surface area contributed by atoms with Crippen molar-refractivity contribution in [3.8, 4) is 5.75 Å². The van der Waals surface area contributed by atoms with Crippen LogP contribution in [0.1, 0.15) is 6.42 Å². The fourth-order valence-corrected chi connectivity index (χ4v) is 2.08. The Bertz CT molecular complexity index is 474. The molecule has 19 heavy (non-hydrogen) atoms. The van der Waals surface area contributed by atoms with Crippen LogP contribution >= 0.6 is 11.6 Å². The third-order valence-corrected chi connectivity index (χ3v) is 3.32. The van der Waals surface area contributed by atoms with E-state index in [1.807, 2.05) is 0 Å². The fraction of sp³-hybridized carbons (Fsp3) is 0.385. The second-order valence-electron chi connectivity index (χ2n) is 4.41. The molecule has 1 aliphatic heterocycles. The first kappa shape index (κ1) is 13.7. The molecule has 0 aliphatic carbocycles. The predicted molar refractivity (Wildman–Crippen MR) is 69.3 cm³/mol. The highest BCUT2D eigenvalue weighted by atomic mass is 35.5. The molecule has 1 N–H and O–H groups in total. The van der Waals surface area contributed by atoms with Gasteiger partial charge in [-0.3, -0.25) is 9.59 Å². The predicted octanol–water partition coefficient (Wildman–Crippen LogP) is 1.65. The second kappa shape index (κ2) is 5.93. The minimum absolute atomic E-state index is 0.0893. The fourth-order valence-electron chi connectivity index (χ4n) is 1.96. The highest BCUT2D eigenvalue weighted by Crippen LogP contribution is 2.18. The minimum atomic E-state index is -0.853. The number of hydrogen-bond donors (Lipinski definition) is 1. The van der Waals surface area contributed by atoms with Gasteiger partial charge in [-0.1, -0.05) is 11.6 Å². The zero-order valence-electron chi connectivity index (χ0n) is 10.2. The largest absolute Gasteiger partial charge is 0.484 e. The first-order chi connectivity index (χ1) is 9.06. The Morgan fingerprint density at radius 1 is 1.37 bits per heavy atom. The number of rotatable bonds is 4. The van der Waals surface area contributed by atoms with Crippen molar-refractivity contribution >= 4 is 23.5 Å². The number of carboxylic acids is 1. The van der Waals surface area contributed by atoms with Gasteiger partial charge in [0.1, 0.15) is 5.75 Å². The van der Waals surface area contributed by atoms with Crippen LogP contribution in [0.25, 0.3) is 0 Å². The van der Waals surface area contributed by atoms with E-state index >= 15 is 0 Å². The smallest absolute Gasteiger partial charge is 0.308 e. The third kappa shape index (κ3) is 3.61. The molecule has 1 amide bonds. The second-order valence-corrected chi connectivity index (χ2v) is 4.84. The normalized spacial score (nSPS) is 18.4. The van der Waals surface area contributed by atoms with Crippen LogP contribution in [-0.2, 0) is 9.59 Å². The van der Waals surface area contributed by atoms with E-state index in [0.717, 1.165) is 0 Å². The van der Waals surface area contributed by atoms with Gasteiger partial charge in [0.25, 0.3) is 5.91 Å². The summed E-state index contributed by atoms with van der Waals surface area (Å²) in [6.07, 6.45) is 0.502. The lowest BCUT2D eigenvalue weighted by Gasteiger charge is -2.16. The van der Waals surface area contributed by atoms with Crippen LogP contribution in [-0.4, -0.2) is 41.6 Å². The Hall–Kier alpha value is -1.75. The van der Waals surface area contributed by atoms with Crippen molar-refractivity contribution in [2.45, 2.75) is 6.42 Å². The molecule has 1 aromatic carbocycles. The standard InChI is InChI=1S/C13H14ClNO4/c14-10-1-3-11(4-2-10)19-8-12(16)15-6-5-9(7-15)13(17)18/h1-4,9H,5-8H2,(H,17,18)/t9-/m0/s1. The molecule has 5 nitrogen and oxygen atoms in total. The minimum Gasteiger partial charge on any atom is -0.484 e. The highest BCUT2D eigenvalue weighted by molar-refractivity contribution is 6.30. The van der Waals surface area contributed by atoms with E-state index < -0.39 is 11.9 Å². The van der Waals surface area contributed by atoms with E-state index in [1.54, 1.807) is 24.3 Å². The first-order valence-corrected chi connectivity index (χ1v) is 6.33. The molecule has 1 fully saturated rings. The maximum absolute atomic E-state index is 11.8. The number of carbonyl (C=O) groups excluding carboxylic acids is 1. The Morgan fingerprint density at radius 3 is 2.63 bits per heavy atom. The molecule has 1 saturated heterocycles. The van der Waals surface area contributed by atoms with Gasteiger partial charge in [0.15, 0.2) is 6.61 Å². The lowest BCUT2D eigenvalue weighted by atomic mass is 10.1. The summed E-state index contributed by atoms with van der Waals surface area (Å²) in [5.74, 6) is -0.946. The van der Waals surface area contributed by atoms with Gasteiger partial charge < -0.3 is 14.7 Å². The average Bonchev–Trinajstić information content (AvgIpc) is 2.87. The molecular formula is C13H14ClNO4. The summed E-state index contributed by atoms with van der Waals surface area (Å²) in [5.41, 5.74) is 0. The van der Waals surface area contributed by atoms with Crippen LogP contribution in [0.4, 0.5) is 0 Å². The molecular weight excluding hydrogens is 270 g/mol. The summed E-state index contributed by atoms with van der Waals surface area (Å²) in [5, 5.41) is 9.46. The molecule has 1 atom stereocenters. The summed E-state index contributed by atoms with van der Waals surface area (Å²) in [4.78, 5) is 24.2. The van der Waals surface area contributed by atoms with Crippen molar-refractivity contribution in [2.75, 3.05) is 19.7 Å². The van der Waals surface area contributed by atoms with Crippen molar-refractivity contribution in [3.63, 3.8) is 0 Å². The number of aliphatic carboxylic acids is 1. The number of ether oxygens (including phenoxy) is 1. The average molecular weight is 284 g/mol. The number of amides is 1. The zero-order valence-corrected chi connectivity index (χ0v) is 11.0. The summed E-state index contributed by atoms with van der Waals surface area (Å²) in [6, 6.07) is 6.72. The van der Waals surface area contributed by atoms with Gasteiger partial charge in [0, 0.05) is 18.1 Å². The van der Waals surface area contributed by atoms with Gasteiger partial charge in [-0.15, -0.1) is 0 Å². The SMILES string of the molecule is O=C(O)[C@H]1CCN(C(=O)COc2ccc(Cl)cc2)C1. The van der Waals surface area contributed by atoms with Gasteiger partial charge >= 0.3 is 5.97 Å². The monoisotopic (exact) mass is 283 g/mol. The molecule has 2 rings (SSSR count). The Morgan fingerprint density at radius 2 is 2.05 bits per heavy atom. The van der Waals surface area contributed by atoms with Crippen molar-refractivity contribution in [2.24, 2.45) is 5.92 Å². The van der Waals surface area contributed by atoms with Crippen LogP contribution in [0.5, 0.6) is 5.75 Å². The van der Waals surface area contributed by atoms with Gasteiger partial charge in [-0.05, 0) is 30.7 Å². The summed E-state index contributed by atoms with van der Waals surface area (Å²) < 4.78 is 5.33. The maximum Gasteiger partial charge on any atom is 0.308 e. The van der Waals surface area contributed by atoms with Gasteiger partial charge in [-0.2, -0.15) is 0 Å². The van der Waals surface area contributed by atoms with E-state index in [2.05, 4.69) is 0 Å². The third-order valence-electron chi connectivity index (χ3n) is 3.07. The lowest BCUT2D eigenvalue weighted by Crippen LogP contribution is -2.33. The molecule has 0 radical (unpaired) electrons. The van der Waals surface area contributed by atoms with Gasteiger partial charge in [-0.25, -0.2) is 0 Å². The molecule has 0 aromatic heterocycles. The van der Waals surface area contributed by atoms with Crippen molar-refractivity contribution < 1.29 is 19.4 Å². The van der Waals surface area contributed by atoms with Crippen LogP contribution in [0, 0.1) is 5.92 Å². The van der Waals surface area contributed by atoms with Crippen molar-refractivity contribution in [1.82, 2.24) is 4.90 Å². The summed E-state index contributed by atoms with van der Waals surface area (Å²) in [6.45, 7) is 0.645. The molecule has 0 bridgehead atoms. The van der Waals surface area contributed by atoms with E-state index in [0.29, 0.717) is 23.7 Å². The van der Waals surface area contributed by atoms with Gasteiger partial charge in [0.05, 0.1) is 5.92 Å². The number of halogens is 1. The van der Waals surface area contributed by atoms with Crippen LogP contribution < -0.4 is 4.74 Å². The Kier molecular flexibility index (Phi) is 4.27. The van der Waals surface area contributed by atoms with Crippen LogP contribution in [0.15, 0.2) is 24.3 Å². The number of carbonyl (C=O) groups is 2. The number of carboxylic acid groups (broad SMARTS) is 1. The van der Waals surface area contributed by atoms with Crippen LogP contribution in [0.2, 0.25) is 5.02 Å². The molecule has 102 valence electrons. The zero-order chi connectivity index (χ0) is 13.8. The molecule has 0 unspecified atom stereocenters. The van der Waals surface area contributed by atoms with E-state index in [4.69, 9.17) is 21.4 Å². The summed E-state index contributed by atoms with van der Waals surface area (Å²) >= 11 is 5.74. The van der Waals surface area contributed by atoms with E-state index in [1.165, 1.54) is 4.90 Å². The number of nitrogens with zero attached hydrogens (tertiary/aromatic N) is 1. The molecule has 0 spiro atoms. The number of benzene rings is 1. The van der Waals surface area contributed by atoms with E-state index in [9.17, 15) is 9.59 Å². The van der Waals surface area contributed by atoms with Crippen molar-refractivity contribution in [1.29, 1.82) is 0 Å². The molecule has 0 saturated carbocycles. The number of likely N-dealkylation sites (tertiary alicyclic amines) is 1. The molecule has 6 heteroatoms. The lowest BCUT2D eigenvalue weighted by molar-refractivity contribution is -0.141. The van der Waals surface area contributed by atoms with Gasteiger partial charge in [0.2, 0.25) is 0 Å². The maximum atomic E-state index is 11.8. The Labute approximate surface area is 115 Å². The molecule has 1 heterocycles. The topological polar surface area (TPSA) is 66.8 Å². The highest BCUT2D eigenvalue weighted by Gasteiger charge is 2.30. The number of hydrogen-bond acceptors (Lipinski definition) is 3. The molecule has 1 aromatic rings. The van der Waals surface area contributed by atoms with Crippen molar-refractivity contribution in [3.05, 3.63) is 29.3 Å². The quantitative estimate of drug-likeness (QED) is 0.912.